The van der Waals surface area contributed by atoms with E-state index < -0.39 is 0 Å². The summed E-state index contributed by atoms with van der Waals surface area (Å²) >= 11 is 0. The average Bonchev–Trinajstić information content (AvgIpc) is 2.15. The minimum Gasteiger partial charge on any atom is -0.381 e. The predicted molar refractivity (Wildman–Crippen MR) is 52.2 cm³/mol. The molecular weight excluding hydrogens is 148 g/mol. The molecule has 0 aromatic rings. The monoisotopic (exact) mass is 168 g/mol. The molecule has 0 aliphatic heterocycles. The summed E-state index contributed by atoms with van der Waals surface area (Å²) in [5.74, 6) is 0.924. The first-order valence-corrected chi connectivity index (χ1v) is 5.00. The maximum atomic E-state index is 5.33. The van der Waals surface area contributed by atoms with Crippen molar-refractivity contribution < 1.29 is 4.74 Å². The topological polar surface area (TPSA) is 9.23 Å². The Hall–Kier alpha value is -0.300. The lowest BCUT2D eigenvalue weighted by Gasteiger charge is -2.26. The minimum atomic E-state index is 0.548. The Morgan fingerprint density at radius 2 is 1.92 bits per heavy atom. The quantitative estimate of drug-likeness (QED) is 0.588. The summed E-state index contributed by atoms with van der Waals surface area (Å²) in [6, 6.07) is 0. The van der Waals surface area contributed by atoms with Gasteiger partial charge in [0.05, 0.1) is 6.10 Å². The predicted octanol–water partition coefficient (Wildman–Crippen LogP) is 3.16. The van der Waals surface area contributed by atoms with Gasteiger partial charge in [0.15, 0.2) is 0 Å². The van der Waals surface area contributed by atoms with E-state index in [1.165, 1.54) is 32.1 Å². The molecular formula is C11H20O. The molecule has 1 heteroatoms. The van der Waals surface area contributed by atoms with E-state index in [-0.39, 0.29) is 0 Å². The van der Waals surface area contributed by atoms with E-state index in [1.54, 1.807) is 0 Å². The van der Waals surface area contributed by atoms with E-state index in [4.69, 9.17) is 4.74 Å². The van der Waals surface area contributed by atoms with Gasteiger partial charge < -0.3 is 4.74 Å². The zero-order valence-corrected chi connectivity index (χ0v) is 8.25. The number of hydrogen-bond acceptors (Lipinski definition) is 1. The van der Waals surface area contributed by atoms with Crippen LogP contribution >= 0.6 is 0 Å². The highest BCUT2D eigenvalue weighted by molar-refractivity contribution is 4.83. The van der Waals surface area contributed by atoms with Gasteiger partial charge in [-0.2, -0.15) is 0 Å². The number of rotatable bonds is 3. The summed E-state index contributed by atoms with van der Waals surface area (Å²) in [6.45, 7) is 2.10. The third-order valence-corrected chi connectivity index (χ3v) is 2.83. The van der Waals surface area contributed by atoms with E-state index in [1.807, 2.05) is 7.11 Å². The molecule has 0 heterocycles. The lowest BCUT2D eigenvalue weighted by Crippen LogP contribution is -2.19. The molecule has 0 aromatic carbocycles. The molecule has 0 bridgehead atoms. The maximum Gasteiger partial charge on any atom is 0.0571 e. The van der Waals surface area contributed by atoms with Gasteiger partial charge in [0.1, 0.15) is 0 Å². The molecule has 0 saturated heterocycles. The molecule has 70 valence electrons. The van der Waals surface area contributed by atoms with E-state index in [2.05, 4.69) is 19.1 Å². The lowest BCUT2D eigenvalue weighted by molar-refractivity contribution is 0.0572. The molecule has 1 fully saturated rings. The lowest BCUT2D eigenvalue weighted by atomic mass is 9.85. The Kier molecular flexibility index (Phi) is 4.37. The van der Waals surface area contributed by atoms with Crippen LogP contribution in [-0.4, -0.2) is 13.2 Å². The second-order valence-electron chi connectivity index (χ2n) is 3.68. The van der Waals surface area contributed by atoms with Crippen molar-refractivity contribution in [1.29, 1.82) is 0 Å². The summed E-state index contributed by atoms with van der Waals surface area (Å²) in [5.41, 5.74) is 0. The van der Waals surface area contributed by atoms with Crippen molar-refractivity contribution in [3.63, 3.8) is 0 Å². The standard InChI is InChI=1S/C11H20O/c1-3-4-5-10-6-8-11(12-2)9-7-10/h3-4,10-11H,5-9H2,1-2H3. The maximum absolute atomic E-state index is 5.33. The SMILES string of the molecule is CC=CCC1CCC(OC)CC1. The normalized spacial score (nSPS) is 31.2. The molecule has 0 atom stereocenters. The summed E-state index contributed by atoms with van der Waals surface area (Å²) in [5, 5.41) is 0. The van der Waals surface area contributed by atoms with Gasteiger partial charge in [-0.25, -0.2) is 0 Å². The fraction of sp³-hybridized carbons (Fsp3) is 0.818. The molecule has 1 nitrogen and oxygen atoms in total. The van der Waals surface area contributed by atoms with Gasteiger partial charge >= 0.3 is 0 Å². The number of allylic oxidation sites excluding steroid dienone is 2. The van der Waals surface area contributed by atoms with Crippen molar-refractivity contribution in [2.24, 2.45) is 5.92 Å². The van der Waals surface area contributed by atoms with Crippen molar-refractivity contribution in [1.82, 2.24) is 0 Å². The fourth-order valence-electron chi connectivity index (χ4n) is 1.93. The van der Waals surface area contributed by atoms with E-state index in [0.29, 0.717) is 6.10 Å². The number of hydrogen-bond donors (Lipinski definition) is 0. The zero-order chi connectivity index (χ0) is 8.81. The Morgan fingerprint density at radius 1 is 1.25 bits per heavy atom. The van der Waals surface area contributed by atoms with Crippen molar-refractivity contribution in [3.8, 4) is 0 Å². The second-order valence-corrected chi connectivity index (χ2v) is 3.68. The number of methoxy groups -OCH3 is 1. The van der Waals surface area contributed by atoms with Gasteiger partial charge in [0, 0.05) is 7.11 Å². The molecule has 1 rings (SSSR count). The van der Waals surface area contributed by atoms with Gasteiger partial charge in [-0.15, -0.1) is 0 Å². The average molecular weight is 168 g/mol. The molecule has 0 aromatic heterocycles. The smallest absolute Gasteiger partial charge is 0.0571 e. The van der Waals surface area contributed by atoms with Gasteiger partial charge in [-0.1, -0.05) is 12.2 Å². The first-order valence-electron chi connectivity index (χ1n) is 5.00. The number of ether oxygens (including phenoxy) is 1. The van der Waals surface area contributed by atoms with Crippen LogP contribution in [0.4, 0.5) is 0 Å². The van der Waals surface area contributed by atoms with Crippen molar-refractivity contribution >= 4 is 0 Å². The third-order valence-electron chi connectivity index (χ3n) is 2.83. The van der Waals surface area contributed by atoms with Gasteiger partial charge in [0.25, 0.3) is 0 Å². The second kappa shape index (κ2) is 5.36. The first kappa shape index (κ1) is 9.79. The van der Waals surface area contributed by atoms with Crippen molar-refractivity contribution in [2.45, 2.75) is 45.1 Å². The van der Waals surface area contributed by atoms with Gasteiger partial charge in [0.2, 0.25) is 0 Å². The van der Waals surface area contributed by atoms with Crippen LogP contribution in [0.5, 0.6) is 0 Å². The Bertz CT molecular complexity index is 132. The van der Waals surface area contributed by atoms with Crippen molar-refractivity contribution in [2.75, 3.05) is 7.11 Å². The summed E-state index contributed by atoms with van der Waals surface area (Å²) in [7, 11) is 1.83. The molecule has 1 aliphatic carbocycles. The highest BCUT2D eigenvalue weighted by Crippen LogP contribution is 2.28. The molecule has 0 amide bonds. The van der Waals surface area contributed by atoms with Crippen LogP contribution in [0.3, 0.4) is 0 Å². The third kappa shape index (κ3) is 2.98. The molecule has 0 unspecified atom stereocenters. The Labute approximate surface area is 75.8 Å². The molecule has 1 saturated carbocycles. The molecule has 0 radical (unpaired) electrons. The fourth-order valence-corrected chi connectivity index (χ4v) is 1.93. The van der Waals surface area contributed by atoms with Crippen LogP contribution in [0.25, 0.3) is 0 Å². The van der Waals surface area contributed by atoms with Crippen LogP contribution in [0.2, 0.25) is 0 Å². The molecule has 1 aliphatic rings. The van der Waals surface area contributed by atoms with E-state index >= 15 is 0 Å². The van der Waals surface area contributed by atoms with Crippen molar-refractivity contribution in [3.05, 3.63) is 12.2 Å². The van der Waals surface area contributed by atoms with E-state index in [0.717, 1.165) is 5.92 Å². The molecule has 12 heavy (non-hydrogen) atoms. The summed E-state index contributed by atoms with van der Waals surface area (Å²) in [6.07, 6.45) is 11.5. The van der Waals surface area contributed by atoms with Gasteiger partial charge in [-0.3, -0.25) is 0 Å². The van der Waals surface area contributed by atoms with Crippen LogP contribution < -0.4 is 0 Å². The highest BCUT2D eigenvalue weighted by atomic mass is 16.5. The largest absolute Gasteiger partial charge is 0.381 e. The molecule has 0 N–H and O–H groups in total. The first-order chi connectivity index (χ1) is 5.86. The van der Waals surface area contributed by atoms with E-state index in [9.17, 15) is 0 Å². The molecule has 0 spiro atoms. The summed E-state index contributed by atoms with van der Waals surface area (Å²) in [4.78, 5) is 0. The Balaban J connectivity index is 2.17. The van der Waals surface area contributed by atoms with Crippen LogP contribution in [0.1, 0.15) is 39.0 Å². The minimum absolute atomic E-state index is 0.548. The van der Waals surface area contributed by atoms with Gasteiger partial charge in [-0.05, 0) is 44.9 Å². The zero-order valence-electron chi connectivity index (χ0n) is 8.25. The Morgan fingerprint density at radius 3 is 2.42 bits per heavy atom. The van der Waals surface area contributed by atoms with Crippen LogP contribution in [0.15, 0.2) is 12.2 Å². The summed E-state index contributed by atoms with van der Waals surface area (Å²) < 4.78 is 5.33. The highest BCUT2D eigenvalue weighted by Gasteiger charge is 2.19. The van der Waals surface area contributed by atoms with Crippen LogP contribution in [0, 0.1) is 5.92 Å². The van der Waals surface area contributed by atoms with Crippen LogP contribution in [-0.2, 0) is 4.74 Å².